The van der Waals surface area contributed by atoms with Crippen LogP contribution in [0.3, 0.4) is 0 Å². The van der Waals surface area contributed by atoms with Gasteiger partial charge in [-0.3, -0.25) is 0 Å². The van der Waals surface area contributed by atoms with Gasteiger partial charge in [0.1, 0.15) is 0 Å². The normalized spacial score (nSPS) is 39.0. The van der Waals surface area contributed by atoms with Crippen molar-refractivity contribution in [2.45, 2.75) is 59.3 Å². The van der Waals surface area contributed by atoms with Crippen molar-refractivity contribution in [2.75, 3.05) is 13.1 Å². The fourth-order valence-electron chi connectivity index (χ4n) is 3.78. The molecule has 1 spiro atoms. The molecule has 2 fully saturated rings. The summed E-state index contributed by atoms with van der Waals surface area (Å²) < 4.78 is 0. The largest absolute Gasteiger partial charge is 0.317 e. The van der Waals surface area contributed by atoms with Gasteiger partial charge in [-0.05, 0) is 61.9 Å². The first-order chi connectivity index (χ1) is 7.68. The number of nitrogens with one attached hydrogen (secondary N) is 1. The molecular weight excluding hydrogens is 194 g/mol. The maximum atomic E-state index is 3.54. The van der Waals surface area contributed by atoms with Crippen LogP contribution in [0.1, 0.15) is 59.3 Å². The Morgan fingerprint density at radius 2 is 2.06 bits per heavy atom. The van der Waals surface area contributed by atoms with Crippen LogP contribution in [0.25, 0.3) is 0 Å². The first-order valence-electron chi connectivity index (χ1n) is 7.38. The maximum absolute atomic E-state index is 3.54. The standard InChI is InChI=1S/C15H29N/c1-4-16-11-14-10-15(14)8-5-6-13(7-9-15)12(2)3/h12-14,16H,4-11H2,1-3H3. The number of hydrogen-bond donors (Lipinski definition) is 1. The third kappa shape index (κ3) is 2.61. The van der Waals surface area contributed by atoms with Crippen LogP contribution < -0.4 is 5.32 Å². The Labute approximate surface area is 101 Å². The zero-order valence-electron chi connectivity index (χ0n) is 11.4. The summed E-state index contributed by atoms with van der Waals surface area (Å²) in [5.41, 5.74) is 0.784. The minimum absolute atomic E-state index is 0.784. The molecule has 0 radical (unpaired) electrons. The van der Waals surface area contributed by atoms with Gasteiger partial charge in [-0.1, -0.05) is 33.6 Å². The Morgan fingerprint density at radius 1 is 1.25 bits per heavy atom. The molecule has 2 aliphatic rings. The van der Waals surface area contributed by atoms with E-state index in [-0.39, 0.29) is 0 Å². The summed E-state index contributed by atoms with van der Waals surface area (Å²) in [5, 5.41) is 3.54. The first kappa shape index (κ1) is 12.4. The number of hydrogen-bond acceptors (Lipinski definition) is 1. The van der Waals surface area contributed by atoms with Crippen molar-refractivity contribution in [3.63, 3.8) is 0 Å². The summed E-state index contributed by atoms with van der Waals surface area (Å²) >= 11 is 0. The molecule has 94 valence electrons. The van der Waals surface area contributed by atoms with E-state index in [0.717, 1.165) is 29.7 Å². The van der Waals surface area contributed by atoms with E-state index in [1.165, 1.54) is 45.1 Å². The first-order valence-corrected chi connectivity index (χ1v) is 7.38. The molecule has 2 saturated carbocycles. The van der Waals surface area contributed by atoms with Crippen molar-refractivity contribution < 1.29 is 0 Å². The fourth-order valence-corrected chi connectivity index (χ4v) is 3.78. The predicted octanol–water partition coefficient (Wildman–Crippen LogP) is 3.84. The SMILES string of the molecule is CCNCC1CC12CCCC(C(C)C)CC2. The molecule has 3 unspecified atom stereocenters. The van der Waals surface area contributed by atoms with E-state index in [1.807, 2.05) is 0 Å². The van der Waals surface area contributed by atoms with Crippen LogP contribution in [0, 0.1) is 23.2 Å². The molecular formula is C15H29N. The molecule has 1 nitrogen and oxygen atoms in total. The molecule has 0 saturated heterocycles. The third-order valence-electron chi connectivity index (χ3n) is 5.20. The van der Waals surface area contributed by atoms with E-state index < -0.39 is 0 Å². The van der Waals surface area contributed by atoms with E-state index in [2.05, 4.69) is 26.1 Å². The van der Waals surface area contributed by atoms with Gasteiger partial charge in [0, 0.05) is 0 Å². The highest BCUT2D eigenvalue weighted by molar-refractivity contribution is 5.04. The van der Waals surface area contributed by atoms with E-state index >= 15 is 0 Å². The van der Waals surface area contributed by atoms with Gasteiger partial charge in [0.25, 0.3) is 0 Å². The monoisotopic (exact) mass is 223 g/mol. The van der Waals surface area contributed by atoms with E-state index in [0.29, 0.717) is 0 Å². The molecule has 2 aliphatic carbocycles. The average Bonchev–Trinajstić information content (AvgIpc) is 2.98. The Hall–Kier alpha value is -0.0400. The minimum Gasteiger partial charge on any atom is -0.317 e. The van der Waals surface area contributed by atoms with Crippen LogP contribution >= 0.6 is 0 Å². The van der Waals surface area contributed by atoms with Gasteiger partial charge in [-0.25, -0.2) is 0 Å². The fraction of sp³-hybridized carbons (Fsp3) is 1.00. The van der Waals surface area contributed by atoms with Crippen LogP contribution in [-0.2, 0) is 0 Å². The van der Waals surface area contributed by atoms with Crippen molar-refractivity contribution >= 4 is 0 Å². The second kappa shape index (κ2) is 5.08. The molecule has 0 aliphatic heterocycles. The van der Waals surface area contributed by atoms with Crippen LogP contribution in [0.5, 0.6) is 0 Å². The third-order valence-corrected chi connectivity index (χ3v) is 5.20. The Kier molecular flexibility index (Phi) is 3.94. The molecule has 3 atom stereocenters. The van der Waals surface area contributed by atoms with Gasteiger partial charge >= 0.3 is 0 Å². The summed E-state index contributed by atoms with van der Waals surface area (Å²) in [6, 6.07) is 0. The lowest BCUT2D eigenvalue weighted by atomic mass is 9.87. The minimum atomic E-state index is 0.784. The highest BCUT2D eigenvalue weighted by Gasteiger charge is 2.52. The average molecular weight is 223 g/mol. The predicted molar refractivity (Wildman–Crippen MR) is 70.5 cm³/mol. The zero-order valence-corrected chi connectivity index (χ0v) is 11.4. The topological polar surface area (TPSA) is 12.0 Å². The Bertz CT molecular complexity index is 223. The van der Waals surface area contributed by atoms with Gasteiger partial charge in [0.2, 0.25) is 0 Å². The van der Waals surface area contributed by atoms with E-state index in [1.54, 1.807) is 0 Å². The van der Waals surface area contributed by atoms with E-state index in [4.69, 9.17) is 0 Å². The second-order valence-electron chi connectivity index (χ2n) is 6.51. The smallest absolute Gasteiger partial charge is 0.00151 e. The molecule has 0 aromatic rings. The van der Waals surface area contributed by atoms with Gasteiger partial charge in [-0.15, -0.1) is 0 Å². The highest BCUT2D eigenvalue weighted by Crippen LogP contribution is 2.61. The molecule has 0 aromatic carbocycles. The molecule has 1 N–H and O–H groups in total. The van der Waals surface area contributed by atoms with Crippen LogP contribution in [0.15, 0.2) is 0 Å². The molecule has 0 heterocycles. The van der Waals surface area contributed by atoms with Crippen molar-refractivity contribution in [2.24, 2.45) is 23.2 Å². The summed E-state index contributed by atoms with van der Waals surface area (Å²) in [5.74, 6) is 2.93. The molecule has 1 heteroatoms. The van der Waals surface area contributed by atoms with Gasteiger partial charge in [0.05, 0.1) is 0 Å². The van der Waals surface area contributed by atoms with Gasteiger partial charge in [-0.2, -0.15) is 0 Å². The zero-order chi connectivity index (χ0) is 11.6. The second-order valence-corrected chi connectivity index (χ2v) is 6.51. The molecule has 0 aromatic heterocycles. The lowest BCUT2D eigenvalue weighted by Crippen LogP contribution is -2.19. The summed E-state index contributed by atoms with van der Waals surface area (Å²) in [6.45, 7) is 9.46. The maximum Gasteiger partial charge on any atom is -0.00151 e. The van der Waals surface area contributed by atoms with Gasteiger partial charge in [0.15, 0.2) is 0 Å². The Balaban J connectivity index is 1.81. The van der Waals surface area contributed by atoms with Crippen LogP contribution in [0.2, 0.25) is 0 Å². The summed E-state index contributed by atoms with van der Waals surface area (Å²) in [7, 11) is 0. The van der Waals surface area contributed by atoms with Crippen molar-refractivity contribution in [3.05, 3.63) is 0 Å². The number of rotatable bonds is 4. The van der Waals surface area contributed by atoms with E-state index in [9.17, 15) is 0 Å². The van der Waals surface area contributed by atoms with Gasteiger partial charge < -0.3 is 5.32 Å². The van der Waals surface area contributed by atoms with Crippen LogP contribution in [0.4, 0.5) is 0 Å². The summed E-state index contributed by atoms with van der Waals surface area (Å²) in [4.78, 5) is 0. The van der Waals surface area contributed by atoms with Crippen molar-refractivity contribution in [1.29, 1.82) is 0 Å². The molecule has 0 bridgehead atoms. The Morgan fingerprint density at radius 3 is 2.75 bits per heavy atom. The molecule has 0 amide bonds. The van der Waals surface area contributed by atoms with Crippen molar-refractivity contribution in [3.8, 4) is 0 Å². The quantitative estimate of drug-likeness (QED) is 0.763. The van der Waals surface area contributed by atoms with Crippen LogP contribution in [-0.4, -0.2) is 13.1 Å². The molecule has 2 rings (SSSR count). The highest BCUT2D eigenvalue weighted by atomic mass is 14.9. The molecule has 16 heavy (non-hydrogen) atoms. The summed E-state index contributed by atoms with van der Waals surface area (Å²) in [6.07, 6.45) is 9.04. The lowest BCUT2D eigenvalue weighted by molar-refractivity contribution is 0.326. The lowest BCUT2D eigenvalue weighted by Gasteiger charge is -2.18. The van der Waals surface area contributed by atoms with Crippen molar-refractivity contribution in [1.82, 2.24) is 5.32 Å².